The molecule has 0 aromatic rings. The number of carbonyl (C=O) groups excluding carboxylic acids is 4. The Morgan fingerprint density at radius 3 is 2.37 bits per heavy atom. The summed E-state index contributed by atoms with van der Waals surface area (Å²) in [6, 6.07) is -0.376. The van der Waals surface area contributed by atoms with Crippen molar-refractivity contribution in [2.75, 3.05) is 13.2 Å². The predicted octanol–water partition coefficient (Wildman–Crippen LogP) is 1.34. The maximum atomic E-state index is 12.8. The predicted molar refractivity (Wildman–Crippen MR) is 96.5 cm³/mol. The van der Waals surface area contributed by atoms with Crippen LogP contribution >= 0.6 is 0 Å². The molecule has 3 aliphatic rings. The number of ether oxygens (including phenoxy) is 1. The molecule has 8 nitrogen and oxygen atoms in total. The molecule has 0 atom stereocenters. The highest BCUT2D eigenvalue weighted by molar-refractivity contribution is 6.08. The average molecular weight is 379 g/mol. The number of esters is 1. The molecular formula is C19H29N3O5. The molecule has 3 rings (SSSR count). The maximum absolute atomic E-state index is 12.8. The Morgan fingerprint density at radius 1 is 1.19 bits per heavy atom. The van der Waals surface area contributed by atoms with Gasteiger partial charge in [-0.3, -0.25) is 19.3 Å². The minimum absolute atomic E-state index is 0.164. The van der Waals surface area contributed by atoms with E-state index in [2.05, 4.69) is 31.4 Å². The summed E-state index contributed by atoms with van der Waals surface area (Å²) in [7, 11) is 0. The van der Waals surface area contributed by atoms with Gasteiger partial charge >= 0.3 is 12.0 Å². The number of hydrogen-bond acceptors (Lipinski definition) is 5. The third-order valence-electron chi connectivity index (χ3n) is 5.90. The van der Waals surface area contributed by atoms with E-state index in [-0.39, 0.29) is 23.3 Å². The summed E-state index contributed by atoms with van der Waals surface area (Å²) in [6.45, 7) is 5.70. The number of nitrogens with zero attached hydrogens (tertiary/aromatic N) is 1. The van der Waals surface area contributed by atoms with Crippen LogP contribution in [-0.4, -0.2) is 53.4 Å². The van der Waals surface area contributed by atoms with Crippen molar-refractivity contribution in [1.29, 1.82) is 0 Å². The van der Waals surface area contributed by atoms with Crippen LogP contribution < -0.4 is 10.6 Å². The minimum Gasteiger partial charge on any atom is -0.454 e. The molecule has 0 unspecified atom stereocenters. The van der Waals surface area contributed by atoms with Gasteiger partial charge in [0.1, 0.15) is 12.1 Å². The average Bonchev–Trinajstić information content (AvgIpc) is 3.37. The van der Waals surface area contributed by atoms with Gasteiger partial charge in [0.25, 0.3) is 11.8 Å². The van der Waals surface area contributed by atoms with Gasteiger partial charge in [-0.1, -0.05) is 20.8 Å². The third-order valence-corrected chi connectivity index (χ3v) is 5.90. The fourth-order valence-electron chi connectivity index (χ4n) is 3.95. The molecular weight excluding hydrogens is 350 g/mol. The normalized spacial score (nSPS) is 28.3. The quantitative estimate of drug-likeness (QED) is 0.554. The van der Waals surface area contributed by atoms with Crippen molar-refractivity contribution < 1.29 is 23.9 Å². The molecule has 1 spiro atoms. The summed E-state index contributed by atoms with van der Waals surface area (Å²) >= 11 is 0. The van der Waals surface area contributed by atoms with Crippen LogP contribution in [0, 0.1) is 11.3 Å². The van der Waals surface area contributed by atoms with Crippen LogP contribution in [0.15, 0.2) is 0 Å². The number of nitrogens with one attached hydrogen (secondary N) is 2. The summed E-state index contributed by atoms with van der Waals surface area (Å²) in [5, 5.41) is 5.50. The summed E-state index contributed by atoms with van der Waals surface area (Å²) < 4.78 is 4.90. The largest absolute Gasteiger partial charge is 0.454 e. The van der Waals surface area contributed by atoms with Gasteiger partial charge < -0.3 is 15.4 Å². The first kappa shape index (κ1) is 19.6. The molecule has 1 heterocycles. The lowest BCUT2D eigenvalue weighted by atomic mass is 9.67. The molecule has 0 aromatic carbocycles. The van der Waals surface area contributed by atoms with Gasteiger partial charge in [0.15, 0.2) is 6.61 Å². The smallest absolute Gasteiger partial charge is 0.326 e. The van der Waals surface area contributed by atoms with E-state index in [1.807, 2.05) is 0 Å². The molecule has 2 N–H and O–H groups in total. The number of amides is 4. The first-order valence-electron chi connectivity index (χ1n) is 9.70. The van der Waals surface area contributed by atoms with E-state index >= 15 is 0 Å². The highest BCUT2D eigenvalue weighted by Crippen LogP contribution is 2.43. The van der Waals surface area contributed by atoms with Gasteiger partial charge in [0.2, 0.25) is 0 Å². The second-order valence-electron chi connectivity index (χ2n) is 9.05. The van der Waals surface area contributed by atoms with Crippen LogP contribution in [-0.2, 0) is 19.1 Å². The fraction of sp³-hybridized carbons (Fsp3) is 0.789. The van der Waals surface area contributed by atoms with Crippen LogP contribution in [0.2, 0.25) is 0 Å². The van der Waals surface area contributed by atoms with Crippen molar-refractivity contribution in [1.82, 2.24) is 15.5 Å². The van der Waals surface area contributed by atoms with Gasteiger partial charge in [0.05, 0.1) is 0 Å². The second-order valence-corrected chi connectivity index (χ2v) is 9.05. The molecule has 1 aliphatic heterocycles. The molecule has 2 aliphatic carbocycles. The number of rotatable bonds is 5. The van der Waals surface area contributed by atoms with Crippen LogP contribution in [0.3, 0.4) is 0 Å². The molecule has 1 saturated heterocycles. The zero-order valence-corrected chi connectivity index (χ0v) is 16.3. The number of carbonyl (C=O) groups is 4. The zero-order chi connectivity index (χ0) is 19.8. The molecule has 27 heavy (non-hydrogen) atoms. The van der Waals surface area contributed by atoms with E-state index in [4.69, 9.17) is 4.74 Å². The number of urea groups is 1. The second kappa shape index (κ2) is 7.13. The summed E-state index contributed by atoms with van der Waals surface area (Å²) in [5.41, 5.74) is -0.736. The lowest BCUT2D eigenvalue weighted by Crippen LogP contribution is -2.50. The molecule has 2 saturated carbocycles. The Labute approximate surface area is 159 Å². The molecule has 0 radical (unpaired) electrons. The highest BCUT2D eigenvalue weighted by atomic mass is 16.5. The van der Waals surface area contributed by atoms with E-state index in [9.17, 15) is 19.2 Å². The van der Waals surface area contributed by atoms with Gasteiger partial charge in [-0.2, -0.15) is 0 Å². The van der Waals surface area contributed by atoms with Crippen LogP contribution in [0.5, 0.6) is 0 Å². The Balaban J connectivity index is 1.51. The van der Waals surface area contributed by atoms with Crippen molar-refractivity contribution in [3.63, 3.8) is 0 Å². The van der Waals surface area contributed by atoms with E-state index in [0.717, 1.165) is 30.6 Å². The Morgan fingerprint density at radius 2 is 1.81 bits per heavy atom. The van der Waals surface area contributed by atoms with Crippen molar-refractivity contribution in [2.45, 2.75) is 70.9 Å². The molecule has 8 heteroatoms. The third kappa shape index (κ3) is 4.42. The van der Waals surface area contributed by atoms with E-state index in [1.165, 1.54) is 0 Å². The summed E-state index contributed by atoms with van der Waals surface area (Å²) in [4.78, 5) is 49.6. The topological polar surface area (TPSA) is 105 Å². The lowest BCUT2D eigenvalue weighted by Gasteiger charge is -2.40. The highest BCUT2D eigenvalue weighted by Gasteiger charge is 2.53. The maximum Gasteiger partial charge on any atom is 0.326 e. The number of hydrogen-bond donors (Lipinski definition) is 2. The van der Waals surface area contributed by atoms with Crippen molar-refractivity contribution in [3.8, 4) is 0 Å². The summed E-state index contributed by atoms with van der Waals surface area (Å²) in [5.74, 6) is -0.985. The van der Waals surface area contributed by atoms with Crippen LogP contribution in [0.4, 0.5) is 4.79 Å². The first-order valence-corrected chi connectivity index (χ1v) is 9.70. The van der Waals surface area contributed by atoms with Crippen LogP contribution in [0.1, 0.15) is 59.3 Å². The first-order chi connectivity index (χ1) is 12.6. The Bertz CT molecular complexity index is 642. The Kier molecular flexibility index (Phi) is 5.18. The van der Waals surface area contributed by atoms with E-state index in [0.29, 0.717) is 18.8 Å². The SMILES string of the molecule is CC(C)(C)C1CCC2(CC1)NC(=O)N(CC(=O)OCC(=O)NC1CC1)C2=O. The van der Waals surface area contributed by atoms with Crippen molar-refractivity contribution >= 4 is 23.8 Å². The van der Waals surface area contributed by atoms with Gasteiger partial charge in [-0.15, -0.1) is 0 Å². The fourth-order valence-corrected chi connectivity index (χ4v) is 3.95. The lowest BCUT2D eigenvalue weighted by molar-refractivity contribution is -0.151. The molecule has 0 bridgehead atoms. The molecule has 0 aromatic heterocycles. The van der Waals surface area contributed by atoms with E-state index in [1.54, 1.807) is 0 Å². The Hall–Kier alpha value is -2.12. The summed E-state index contributed by atoms with van der Waals surface area (Å²) in [6.07, 6.45) is 4.76. The monoisotopic (exact) mass is 379 g/mol. The number of imide groups is 1. The van der Waals surface area contributed by atoms with E-state index < -0.39 is 30.7 Å². The van der Waals surface area contributed by atoms with Crippen molar-refractivity contribution in [3.05, 3.63) is 0 Å². The zero-order valence-electron chi connectivity index (χ0n) is 16.3. The van der Waals surface area contributed by atoms with Crippen molar-refractivity contribution in [2.24, 2.45) is 11.3 Å². The van der Waals surface area contributed by atoms with Gasteiger partial charge in [0, 0.05) is 6.04 Å². The molecule has 150 valence electrons. The molecule has 4 amide bonds. The van der Waals surface area contributed by atoms with Gasteiger partial charge in [-0.05, 0) is 49.9 Å². The molecule has 3 fully saturated rings. The van der Waals surface area contributed by atoms with Crippen LogP contribution in [0.25, 0.3) is 0 Å². The standard InChI is InChI=1S/C19H29N3O5/c1-18(2,3)12-6-8-19(9-7-12)16(25)22(17(26)21-19)10-15(24)27-11-14(23)20-13-4-5-13/h12-13H,4-11H2,1-3H3,(H,20,23)(H,21,26). The van der Waals surface area contributed by atoms with Gasteiger partial charge in [-0.25, -0.2) is 4.79 Å². The minimum atomic E-state index is -0.900.